The fraction of sp³-hybridized carbons (Fsp3) is 0.280. The van der Waals surface area contributed by atoms with E-state index in [0.29, 0.717) is 23.7 Å². The molecule has 2 aliphatic rings. The topological polar surface area (TPSA) is 50.9 Å². The van der Waals surface area contributed by atoms with Gasteiger partial charge in [-0.05, 0) is 86.2 Å². The summed E-state index contributed by atoms with van der Waals surface area (Å²) in [5.74, 6) is 1.98. The fourth-order valence-electron chi connectivity index (χ4n) is 9.76. The standard InChI is InChI=1S/C22H34N2.C22H33N2.7C7H7.2Hf/c2*1-6-7-15-23-20-13-8-9-14-21(20)24-22-18(16(2)3)11-10-12-19(22)17(4)5;7*1-7-5-3-2-4-6-7;;/h10-12,14,16-17,24H,6-9,13,15H2,1-5H3;10-12,14,16-17H,6-9,13,15H2,1-5H3;7*2-6H,1H2;;/q;8*-1;;+4. The van der Waals surface area contributed by atoms with Gasteiger partial charge in [0.15, 0.2) is 0 Å². The van der Waals surface area contributed by atoms with E-state index in [9.17, 15) is 0 Å². The van der Waals surface area contributed by atoms with Gasteiger partial charge in [-0.3, -0.25) is 9.98 Å². The second-order valence-electron chi connectivity index (χ2n) is 25.2. The molecule has 6 heteroatoms. The third-order valence-corrected chi connectivity index (χ3v) is 15.3. The Morgan fingerprint density at radius 3 is 0.879 bits per heavy atom. The minimum Gasteiger partial charge on any atom is -0.656 e. The van der Waals surface area contributed by atoms with E-state index in [4.69, 9.17) is 15.3 Å². The molecule has 0 radical (unpaired) electrons. The summed E-state index contributed by atoms with van der Waals surface area (Å²) >= 11 is 0. The monoisotopic (exact) mass is 1650 g/mol. The van der Waals surface area contributed by atoms with Crippen molar-refractivity contribution in [2.75, 3.05) is 18.4 Å². The van der Waals surface area contributed by atoms with Crippen LogP contribution in [0.4, 0.5) is 11.4 Å². The van der Waals surface area contributed by atoms with Gasteiger partial charge in [-0.15, -0.1) is 96.3 Å². The number of anilines is 1. The second-order valence-corrected chi connectivity index (χ2v) is 25.2. The Balaban J connectivity index is 0.000000594. The van der Waals surface area contributed by atoms with Gasteiger partial charge in [0.05, 0.1) is 11.4 Å². The molecular formula is C93H116Hf2N4-4. The number of nitrogens with zero attached hydrogens (tertiary/aromatic N) is 3. The molecule has 0 saturated carbocycles. The molecule has 11 rings (SSSR count). The molecule has 99 heavy (non-hydrogen) atoms. The van der Waals surface area contributed by atoms with Crippen molar-refractivity contribution in [3.63, 3.8) is 0 Å². The number of hydrogen-bond donors (Lipinski definition) is 1. The van der Waals surface area contributed by atoms with E-state index in [1.807, 2.05) is 212 Å². The van der Waals surface area contributed by atoms with Crippen LogP contribution in [0.5, 0.6) is 0 Å². The molecule has 0 heterocycles. The Morgan fingerprint density at radius 1 is 0.354 bits per heavy atom. The summed E-state index contributed by atoms with van der Waals surface area (Å²) in [6.07, 6.45) is 16.2. The van der Waals surface area contributed by atoms with Crippen LogP contribution in [0, 0.1) is 48.5 Å². The summed E-state index contributed by atoms with van der Waals surface area (Å²) in [7, 11) is 0. The van der Waals surface area contributed by atoms with E-state index >= 15 is 0 Å². The van der Waals surface area contributed by atoms with Crippen molar-refractivity contribution in [3.05, 3.63) is 387 Å². The molecule has 4 nitrogen and oxygen atoms in total. The molecule has 0 aliphatic heterocycles. The zero-order valence-corrected chi connectivity index (χ0v) is 69.1. The normalized spacial score (nSPS) is 12.4. The average Bonchev–Trinajstić information content (AvgIpc) is 0.820. The van der Waals surface area contributed by atoms with Gasteiger partial charge in [0, 0.05) is 50.3 Å². The molecule has 9 aromatic rings. The molecular weight excluding hydrogens is 1530 g/mol. The number of para-hydroxylation sites is 2. The Morgan fingerprint density at radius 2 is 0.616 bits per heavy atom. The van der Waals surface area contributed by atoms with Gasteiger partial charge in [-0.1, -0.05) is 184 Å². The maximum absolute atomic E-state index is 5.15. The van der Waals surface area contributed by atoms with Crippen LogP contribution >= 0.6 is 0 Å². The van der Waals surface area contributed by atoms with E-state index in [2.05, 4.69) is 172 Å². The molecule has 0 amide bonds. The number of benzene rings is 9. The number of aliphatic imine (C=N–C) groups is 2. The van der Waals surface area contributed by atoms with Crippen LogP contribution in [-0.4, -0.2) is 24.5 Å². The van der Waals surface area contributed by atoms with Gasteiger partial charge in [0.1, 0.15) is 0 Å². The molecule has 1 N–H and O–H groups in total. The van der Waals surface area contributed by atoms with E-state index < -0.39 is 0 Å². The summed E-state index contributed by atoms with van der Waals surface area (Å²) in [4.78, 5) is 9.74. The van der Waals surface area contributed by atoms with Crippen LogP contribution < -0.4 is 5.32 Å². The molecule has 0 saturated heterocycles. The smallest absolute Gasteiger partial charge is 0.656 e. The summed E-state index contributed by atoms with van der Waals surface area (Å²) in [6, 6.07) is 82.5. The minimum atomic E-state index is 0. The number of nitrogens with one attached hydrogen (secondary N) is 1. The number of rotatable bonds is 14. The van der Waals surface area contributed by atoms with Gasteiger partial charge in [0.2, 0.25) is 0 Å². The van der Waals surface area contributed by atoms with Crippen molar-refractivity contribution in [3.8, 4) is 0 Å². The van der Waals surface area contributed by atoms with Gasteiger partial charge in [0.25, 0.3) is 0 Å². The first-order chi connectivity index (χ1) is 46.8. The van der Waals surface area contributed by atoms with Crippen molar-refractivity contribution in [2.24, 2.45) is 9.98 Å². The zero-order chi connectivity index (χ0) is 70.8. The zero-order valence-electron chi connectivity index (χ0n) is 61.9. The van der Waals surface area contributed by atoms with E-state index in [1.54, 1.807) is 0 Å². The van der Waals surface area contributed by atoms with Gasteiger partial charge in [-0.25, -0.2) is 0 Å². The molecule has 520 valence electrons. The summed E-state index contributed by atoms with van der Waals surface area (Å²) in [6.45, 7) is 50.5. The minimum absolute atomic E-state index is 0. The number of unbranched alkanes of at least 4 members (excludes halogenated alkanes) is 2. The average molecular weight is 1650 g/mol. The Labute approximate surface area is 641 Å². The van der Waals surface area contributed by atoms with E-state index in [1.165, 1.54) is 82.9 Å². The molecule has 0 fully saturated rings. The maximum Gasteiger partial charge on any atom is 4.00 e. The van der Waals surface area contributed by atoms with Gasteiger partial charge in [-0.2, -0.15) is 172 Å². The molecule has 0 spiro atoms. The predicted molar refractivity (Wildman–Crippen MR) is 430 cm³/mol. The van der Waals surface area contributed by atoms with E-state index in [-0.39, 0.29) is 51.7 Å². The molecule has 0 atom stereocenters. The molecule has 2 aliphatic carbocycles. The van der Waals surface area contributed by atoms with Crippen molar-refractivity contribution in [1.29, 1.82) is 0 Å². The Hall–Kier alpha value is -7.77. The summed E-state index contributed by atoms with van der Waals surface area (Å²) in [5, 5.41) is 8.94. The van der Waals surface area contributed by atoms with Crippen LogP contribution in [0.25, 0.3) is 5.32 Å². The number of hydrogen-bond acceptors (Lipinski definition) is 3. The van der Waals surface area contributed by atoms with Crippen LogP contribution in [0.3, 0.4) is 0 Å². The largest absolute Gasteiger partial charge is 4.00 e. The Kier molecular flexibility index (Phi) is 49.6. The molecule has 0 unspecified atom stereocenters. The molecule has 0 bridgehead atoms. The molecule has 9 aromatic carbocycles. The third-order valence-electron chi connectivity index (χ3n) is 15.3. The van der Waals surface area contributed by atoms with Crippen LogP contribution in [0.2, 0.25) is 0 Å². The van der Waals surface area contributed by atoms with Crippen LogP contribution in [0.1, 0.15) is 218 Å². The quantitative estimate of drug-likeness (QED) is 0.0658. The first kappa shape index (κ1) is 89.2. The van der Waals surface area contributed by atoms with E-state index in [0.717, 1.165) is 89.8 Å². The Bertz CT molecular complexity index is 3010. The summed E-state index contributed by atoms with van der Waals surface area (Å²) < 4.78 is 0. The molecule has 0 aromatic heterocycles. The first-order valence-corrected chi connectivity index (χ1v) is 35.2. The third kappa shape index (κ3) is 40.2. The first-order valence-electron chi connectivity index (χ1n) is 35.2. The van der Waals surface area contributed by atoms with Crippen LogP contribution in [0.15, 0.2) is 282 Å². The number of allylic oxidation sites excluding steroid dienone is 4. The predicted octanol–water partition coefficient (Wildman–Crippen LogP) is 27.0. The van der Waals surface area contributed by atoms with Crippen molar-refractivity contribution >= 4 is 22.8 Å². The second kappa shape index (κ2) is 55.1. The van der Waals surface area contributed by atoms with Crippen molar-refractivity contribution in [2.45, 2.75) is 157 Å². The van der Waals surface area contributed by atoms with Crippen molar-refractivity contribution in [1.82, 2.24) is 0 Å². The van der Waals surface area contributed by atoms with Gasteiger partial charge < -0.3 is 10.6 Å². The van der Waals surface area contributed by atoms with Gasteiger partial charge >= 0.3 is 25.8 Å². The fourth-order valence-corrected chi connectivity index (χ4v) is 9.76. The SMILES string of the molecule is CCCCN=C1CCCC=C1Nc1c(C(C)C)cccc1C(C)C.CCCCN=C1CCCC=C1[N-]c1c(C(C)C)cccc1C(C)C.[CH2-]c1ccccc1.[CH2-]c1ccccc1.[CH2-]c1ccccc1.[CH2-]c1ccccc1.[CH2-]c1ccccc1.[CH2-]c1ccccc1.[CH2-]c1ccccc1.[Hf+4].[Hf]. The van der Waals surface area contributed by atoms with Crippen molar-refractivity contribution < 1.29 is 51.7 Å². The van der Waals surface area contributed by atoms with Crippen LogP contribution in [-0.2, 0) is 51.7 Å². The maximum atomic E-state index is 5.15. The summed E-state index contributed by atoms with van der Waals surface area (Å²) in [5.41, 5.74) is 20.3.